The zero-order chi connectivity index (χ0) is 19.4. The van der Waals surface area contributed by atoms with E-state index in [9.17, 15) is 9.59 Å². The van der Waals surface area contributed by atoms with Gasteiger partial charge in [0.2, 0.25) is 11.9 Å². The average Bonchev–Trinajstić information content (AvgIpc) is 3.31. The first-order chi connectivity index (χ1) is 12.9. The molecule has 1 N–H and O–H groups in total. The van der Waals surface area contributed by atoms with E-state index in [1.165, 1.54) is 6.07 Å². The Labute approximate surface area is 158 Å². The Hall–Kier alpha value is -2.61. The summed E-state index contributed by atoms with van der Waals surface area (Å²) in [4.78, 5) is 37.4. The number of nitrogens with one attached hydrogen (secondary N) is 1. The molecule has 0 aromatic carbocycles. The third-order valence-corrected chi connectivity index (χ3v) is 4.96. The number of amides is 1. The molecule has 1 aliphatic heterocycles. The molecule has 0 radical (unpaired) electrons. The third-order valence-electron chi connectivity index (χ3n) is 4.96. The van der Waals surface area contributed by atoms with Crippen LogP contribution in [0.3, 0.4) is 0 Å². The van der Waals surface area contributed by atoms with Crippen molar-refractivity contribution in [3.05, 3.63) is 46.3 Å². The molecule has 0 aliphatic carbocycles. The fourth-order valence-electron chi connectivity index (χ4n) is 3.34. The van der Waals surface area contributed by atoms with Crippen LogP contribution in [-0.4, -0.2) is 65.9 Å². The zero-order valence-electron chi connectivity index (χ0n) is 16.1. The number of rotatable bonds is 7. The van der Waals surface area contributed by atoms with Gasteiger partial charge < -0.3 is 14.2 Å². The normalized spacial score (nSPS) is 16.9. The summed E-state index contributed by atoms with van der Waals surface area (Å²) in [6, 6.07) is 3.70. The predicted molar refractivity (Wildman–Crippen MR) is 103 cm³/mol. The molecule has 0 spiro atoms. The Bertz CT molecular complexity index is 815. The van der Waals surface area contributed by atoms with Crippen LogP contribution in [0.2, 0.25) is 0 Å². The molecule has 1 atom stereocenters. The van der Waals surface area contributed by atoms with Crippen molar-refractivity contribution in [3.8, 4) is 0 Å². The molecule has 0 bridgehead atoms. The number of carbonyl (C=O) groups is 1. The Morgan fingerprint density at radius 3 is 2.93 bits per heavy atom. The molecule has 0 saturated carbocycles. The summed E-state index contributed by atoms with van der Waals surface area (Å²) in [6.45, 7) is 2.06. The highest BCUT2D eigenvalue weighted by Crippen LogP contribution is 2.18. The van der Waals surface area contributed by atoms with Crippen LogP contribution < -0.4 is 10.5 Å². The fraction of sp³-hybridized carbons (Fsp3) is 0.526. The molecule has 2 aromatic rings. The number of nitrogens with zero attached hydrogens (tertiary/aromatic N) is 4. The van der Waals surface area contributed by atoms with Crippen LogP contribution in [0.15, 0.2) is 33.9 Å². The van der Waals surface area contributed by atoms with Gasteiger partial charge in [0, 0.05) is 52.3 Å². The largest absolute Gasteiger partial charge is 0.472 e. The fourth-order valence-corrected chi connectivity index (χ4v) is 3.34. The maximum Gasteiger partial charge on any atom is 0.252 e. The summed E-state index contributed by atoms with van der Waals surface area (Å²) in [5.41, 5.74) is 1.63. The molecule has 1 amide bonds. The van der Waals surface area contributed by atoms with E-state index in [2.05, 4.69) is 14.9 Å². The van der Waals surface area contributed by atoms with Crippen molar-refractivity contribution in [1.82, 2.24) is 19.8 Å². The molecule has 1 aliphatic rings. The van der Waals surface area contributed by atoms with Gasteiger partial charge in [-0.2, -0.15) is 0 Å². The standard InChI is InChI=1S/C19H27N5O3/c1-22(2)19-20-15(10-17(25)21-19)11-23(3)16-6-8-24(12-16)18(26)5-4-14-7-9-27-13-14/h7,9-10,13,16H,4-6,8,11-12H2,1-3H3,(H,20,21,25). The van der Waals surface area contributed by atoms with Gasteiger partial charge in [-0.15, -0.1) is 0 Å². The van der Waals surface area contributed by atoms with E-state index >= 15 is 0 Å². The summed E-state index contributed by atoms with van der Waals surface area (Å²) < 4.78 is 5.04. The second kappa shape index (κ2) is 8.39. The van der Waals surface area contributed by atoms with Gasteiger partial charge in [0.25, 0.3) is 5.56 Å². The first kappa shape index (κ1) is 19.2. The Morgan fingerprint density at radius 2 is 2.22 bits per heavy atom. The molecule has 1 unspecified atom stereocenters. The van der Waals surface area contributed by atoms with Crippen LogP contribution in [0.25, 0.3) is 0 Å². The average molecular weight is 373 g/mol. The van der Waals surface area contributed by atoms with E-state index in [1.807, 2.05) is 32.1 Å². The minimum absolute atomic E-state index is 0.153. The molecular formula is C19H27N5O3. The number of aromatic nitrogens is 2. The molecule has 1 saturated heterocycles. The first-order valence-corrected chi connectivity index (χ1v) is 9.19. The minimum atomic E-state index is -0.153. The van der Waals surface area contributed by atoms with Gasteiger partial charge in [-0.1, -0.05) is 0 Å². The van der Waals surface area contributed by atoms with E-state index in [0.29, 0.717) is 31.9 Å². The number of aromatic amines is 1. The quantitative estimate of drug-likeness (QED) is 0.782. The number of furan rings is 1. The SMILES string of the molecule is CN(C)c1nc(CN(C)C2CCN(C(=O)CCc3ccoc3)C2)cc(=O)[nH]1. The van der Waals surface area contributed by atoms with E-state index in [0.717, 1.165) is 24.2 Å². The number of hydrogen-bond acceptors (Lipinski definition) is 6. The van der Waals surface area contributed by atoms with E-state index < -0.39 is 0 Å². The number of likely N-dealkylation sites (tertiary alicyclic amines) is 1. The van der Waals surface area contributed by atoms with Gasteiger partial charge in [0.15, 0.2) is 0 Å². The van der Waals surface area contributed by atoms with Crippen LogP contribution in [0.1, 0.15) is 24.1 Å². The van der Waals surface area contributed by atoms with Crippen LogP contribution >= 0.6 is 0 Å². The number of hydrogen-bond donors (Lipinski definition) is 1. The molecule has 27 heavy (non-hydrogen) atoms. The maximum absolute atomic E-state index is 12.4. The number of anilines is 1. The zero-order valence-corrected chi connectivity index (χ0v) is 16.1. The van der Waals surface area contributed by atoms with Crippen molar-refractivity contribution < 1.29 is 9.21 Å². The number of H-pyrrole nitrogens is 1. The van der Waals surface area contributed by atoms with Gasteiger partial charge in [0.05, 0.1) is 18.2 Å². The minimum Gasteiger partial charge on any atom is -0.472 e. The molecule has 3 rings (SSSR count). The lowest BCUT2D eigenvalue weighted by atomic mass is 10.2. The van der Waals surface area contributed by atoms with Crippen molar-refractivity contribution in [2.75, 3.05) is 39.1 Å². The highest BCUT2D eigenvalue weighted by Gasteiger charge is 2.28. The maximum atomic E-state index is 12.4. The molecule has 8 heteroatoms. The van der Waals surface area contributed by atoms with E-state index in [4.69, 9.17) is 4.42 Å². The van der Waals surface area contributed by atoms with Crippen LogP contribution in [-0.2, 0) is 17.8 Å². The van der Waals surface area contributed by atoms with E-state index in [1.54, 1.807) is 17.4 Å². The van der Waals surface area contributed by atoms with Crippen molar-refractivity contribution >= 4 is 11.9 Å². The molecule has 8 nitrogen and oxygen atoms in total. The van der Waals surface area contributed by atoms with Crippen LogP contribution in [0.4, 0.5) is 5.95 Å². The van der Waals surface area contributed by atoms with Crippen molar-refractivity contribution in [3.63, 3.8) is 0 Å². The summed E-state index contributed by atoms with van der Waals surface area (Å²) in [7, 11) is 5.70. The lowest BCUT2D eigenvalue weighted by molar-refractivity contribution is -0.130. The summed E-state index contributed by atoms with van der Waals surface area (Å²) in [6.07, 6.45) is 5.45. The number of likely N-dealkylation sites (N-methyl/N-ethyl adjacent to an activating group) is 1. The number of carbonyl (C=O) groups excluding carboxylic acids is 1. The second-order valence-corrected chi connectivity index (χ2v) is 7.28. The summed E-state index contributed by atoms with van der Waals surface area (Å²) >= 11 is 0. The van der Waals surface area contributed by atoms with E-state index in [-0.39, 0.29) is 17.5 Å². The highest BCUT2D eigenvalue weighted by atomic mass is 16.3. The Balaban J connectivity index is 1.53. The Morgan fingerprint density at radius 1 is 1.41 bits per heavy atom. The van der Waals surface area contributed by atoms with Gasteiger partial charge in [-0.3, -0.25) is 19.5 Å². The molecule has 146 valence electrons. The van der Waals surface area contributed by atoms with Crippen molar-refractivity contribution in [2.24, 2.45) is 0 Å². The smallest absolute Gasteiger partial charge is 0.252 e. The van der Waals surface area contributed by atoms with Gasteiger partial charge in [-0.05, 0) is 31.5 Å². The predicted octanol–water partition coefficient (Wildman–Crippen LogP) is 1.09. The molecule has 1 fully saturated rings. The van der Waals surface area contributed by atoms with Crippen molar-refractivity contribution in [1.29, 1.82) is 0 Å². The lowest BCUT2D eigenvalue weighted by Crippen LogP contribution is -2.36. The Kier molecular flexibility index (Phi) is 5.95. The number of aryl methyl sites for hydroxylation is 1. The van der Waals surface area contributed by atoms with Gasteiger partial charge in [0.1, 0.15) is 0 Å². The second-order valence-electron chi connectivity index (χ2n) is 7.28. The van der Waals surface area contributed by atoms with Crippen LogP contribution in [0, 0.1) is 0 Å². The highest BCUT2D eigenvalue weighted by molar-refractivity contribution is 5.76. The first-order valence-electron chi connectivity index (χ1n) is 9.19. The molecule has 2 aromatic heterocycles. The summed E-state index contributed by atoms with van der Waals surface area (Å²) in [5, 5.41) is 0. The van der Waals surface area contributed by atoms with Crippen molar-refractivity contribution in [2.45, 2.75) is 31.8 Å². The van der Waals surface area contributed by atoms with Gasteiger partial charge in [-0.25, -0.2) is 4.98 Å². The summed E-state index contributed by atoms with van der Waals surface area (Å²) in [5.74, 6) is 0.727. The molecule has 3 heterocycles. The van der Waals surface area contributed by atoms with Gasteiger partial charge >= 0.3 is 0 Å². The monoisotopic (exact) mass is 373 g/mol. The van der Waals surface area contributed by atoms with Crippen LogP contribution in [0.5, 0.6) is 0 Å². The lowest BCUT2D eigenvalue weighted by Gasteiger charge is -2.24. The third kappa shape index (κ3) is 4.97. The molecular weight excluding hydrogens is 346 g/mol. The topological polar surface area (TPSA) is 85.7 Å².